The zero-order chi connectivity index (χ0) is 15.4. The Morgan fingerprint density at radius 3 is 2.73 bits per heavy atom. The van der Waals surface area contributed by atoms with Crippen molar-refractivity contribution in [2.24, 2.45) is 0 Å². The normalized spacial score (nSPS) is 15.9. The summed E-state index contributed by atoms with van der Waals surface area (Å²) in [7, 11) is 0. The molecule has 0 saturated heterocycles. The molecule has 2 N–H and O–H groups in total. The van der Waals surface area contributed by atoms with E-state index >= 15 is 0 Å². The van der Waals surface area contributed by atoms with Crippen molar-refractivity contribution in [1.82, 2.24) is 5.32 Å². The number of amides is 2. The van der Waals surface area contributed by atoms with Gasteiger partial charge >= 0.3 is 6.03 Å². The van der Waals surface area contributed by atoms with Crippen molar-refractivity contribution in [2.75, 3.05) is 11.9 Å². The Labute approximate surface area is 128 Å². The molecule has 1 heterocycles. The van der Waals surface area contributed by atoms with Crippen LogP contribution >= 0.6 is 0 Å². The summed E-state index contributed by atoms with van der Waals surface area (Å²) in [6.45, 7) is 0.582. The van der Waals surface area contributed by atoms with E-state index in [1.54, 1.807) is 24.3 Å². The fourth-order valence-electron chi connectivity index (χ4n) is 2.45. The van der Waals surface area contributed by atoms with Gasteiger partial charge in [-0.15, -0.1) is 0 Å². The van der Waals surface area contributed by atoms with Gasteiger partial charge in [-0.05, 0) is 30.3 Å². The summed E-state index contributed by atoms with van der Waals surface area (Å²) < 4.78 is 5.58. The van der Waals surface area contributed by atoms with Crippen LogP contribution in [0.5, 0.6) is 5.75 Å². The third-order valence-electron chi connectivity index (χ3n) is 3.54. The van der Waals surface area contributed by atoms with E-state index in [1.807, 2.05) is 30.3 Å². The minimum absolute atomic E-state index is 0.0664. The van der Waals surface area contributed by atoms with Gasteiger partial charge in [-0.1, -0.05) is 18.2 Å². The molecule has 2 aromatic carbocycles. The van der Waals surface area contributed by atoms with Crippen molar-refractivity contribution in [1.29, 1.82) is 5.26 Å². The lowest BCUT2D eigenvalue weighted by Gasteiger charge is -2.26. The summed E-state index contributed by atoms with van der Waals surface area (Å²) in [5.74, 6) is 0.817. The molecule has 0 bridgehead atoms. The zero-order valence-corrected chi connectivity index (χ0v) is 11.9. The number of carbonyl (C=O) groups excluding carboxylic acids is 1. The standard InChI is InChI=1S/C17H15N3O2/c18-11-12-5-7-13(8-6-12)19-17(21)20-15-9-10-22-16-4-2-1-3-14(15)16/h1-8,15H,9-10H2,(H2,19,20,21). The van der Waals surface area contributed by atoms with Crippen LogP contribution in [-0.2, 0) is 0 Å². The number of fused-ring (bicyclic) bond motifs is 1. The number of para-hydroxylation sites is 1. The van der Waals surface area contributed by atoms with Crippen LogP contribution in [0.4, 0.5) is 10.5 Å². The highest BCUT2D eigenvalue weighted by Crippen LogP contribution is 2.31. The fourth-order valence-corrected chi connectivity index (χ4v) is 2.45. The molecule has 0 saturated carbocycles. The molecular formula is C17H15N3O2. The second kappa shape index (κ2) is 6.19. The number of hydrogen-bond donors (Lipinski definition) is 2. The van der Waals surface area contributed by atoms with Crippen LogP contribution in [0.2, 0.25) is 0 Å². The molecule has 5 heteroatoms. The van der Waals surface area contributed by atoms with E-state index in [2.05, 4.69) is 10.6 Å². The maximum atomic E-state index is 12.1. The van der Waals surface area contributed by atoms with E-state index in [0.29, 0.717) is 17.9 Å². The Hall–Kier alpha value is -3.00. The number of anilines is 1. The van der Waals surface area contributed by atoms with Gasteiger partial charge in [0.15, 0.2) is 0 Å². The quantitative estimate of drug-likeness (QED) is 0.893. The number of benzene rings is 2. The van der Waals surface area contributed by atoms with Gasteiger partial charge in [0.25, 0.3) is 0 Å². The molecule has 110 valence electrons. The summed E-state index contributed by atoms with van der Waals surface area (Å²) in [5, 5.41) is 14.5. The minimum atomic E-state index is -0.272. The van der Waals surface area contributed by atoms with E-state index in [4.69, 9.17) is 10.00 Å². The molecule has 0 aliphatic carbocycles. The zero-order valence-electron chi connectivity index (χ0n) is 11.9. The first-order chi connectivity index (χ1) is 10.8. The van der Waals surface area contributed by atoms with Crippen molar-refractivity contribution in [3.05, 3.63) is 59.7 Å². The molecule has 5 nitrogen and oxygen atoms in total. The molecule has 2 amide bonds. The lowest BCUT2D eigenvalue weighted by atomic mass is 10.0. The number of ether oxygens (including phenoxy) is 1. The minimum Gasteiger partial charge on any atom is -0.493 e. The molecule has 0 radical (unpaired) electrons. The van der Waals surface area contributed by atoms with Crippen molar-refractivity contribution in [2.45, 2.75) is 12.5 Å². The molecule has 1 unspecified atom stereocenters. The monoisotopic (exact) mass is 293 g/mol. The van der Waals surface area contributed by atoms with E-state index in [-0.39, 0.29) is 12.1 Å². The number of nitriles is 1. The average Bonchev–Trinajstić information content (AvgIpc) is 2.56. The molecule has 1 aliphatic rings. The SMILES string of the molecule is N#Cc1ccc(NC(=O)NC2CCOc3ccccc32)cc1. The van der Waals surface area contributed by atoms with Crippen molar-refractivity contribution in [3.63, 3.8) is 0 Å². The highest BCUT2D eigenvalue weighted by molar-refractivity contribution is 5.89. The largest absolute Gasteiger partial charge is 0.493 e. The van der Waals surface area contributed by atoms with Crippen LogP contribution in [0.25, 0.3) is 0 Å². The van der Waals surface area contributed by atoms with Gasteiger partial charge in [-0.2, -0.15) is 5.26 Å². The Morgan fingerprint density at radius 2 is 1.95 bits per heavy atom. The van der Waals surface area contributed by atoms with E-state index in [9.17, 15) is 4.79 Å². The van der Waals surface area contributed by atoms with E-state index in [1.165, 1.54) is 0 Å². The van der Waals surface area contributed by atoms with E-state index < -0.39 is 0 Å². The van der Waals surface area contributed by atoms with E-state index in [0.717, 1.165) is 17.7 Å². The topological polar surface area (TPSA) is 74.2 Å². The molecule has 22 heavy (non-hydrogen) atoms. The van der Waals surface area contributed by atoms with Gasteiger partial charge in [0.2, 0.25) is 0 Å². The second-order valence-corrected chi connectivity index (χ2v) is 5.02. The third-order valence-corrected chi connectivity index (χ3v) is 3.54. The molecule has 0 spiro atoms. The number of nitrogens with zero attached hydrogens (tertiary/aromatic N) is 1. The number of urea groups is 1. The molecule has 0 fully saturated rings. The first-order valence-corrected chi connectivity index (χ1v) is 7.05. The van der Waals surface area contributed by atoms with Gasteiger partial charge in [-0.25, -0.2) is 4.79 Å². The highest BCUT2D eigenvalue weighted by atomic mass is 16.5. The predicted octanol–water partition coefficient (Wildman–Crippen LogP) is 3.20. The van der Waals surface area contributed by atoms with Gasteiger partial charge < -0.3 is 15.4 Å². The van der Waals surface area contributed by atoms with Crippen molar-refractivity contribution >= 4 is 11.7 Å². The van der Waals surface area contributed by atoms with Crippen LogP contribution < -0.4 is 15.4 Å². The molecule has 1 atom stereocenters. The summed E-state index contributed by atoms with van der Waals surface area (Å²) in [4.78, 5) is 12.1. The summed E-state index contributed by atoms with van der Waals surface area (Å²) >= 11 is 0. The molecule has 2 aromatic rings. The summed E-state index contributed by atoms with van der Waals surface area (Å²) in [6.07, 6.45) is 0.734. The van der Waals surface area contributed by atoms with Gasteiger partial charge in [-0.3, -0.25) is 0 Å². The molecule has 3 rings (SSSR count). The average molecular weight is 293 g/mol. The maximum Gasteiger partial charge on any atom is 0.319 e. The molecule has 0 aromatic heterocycles. The summed E-state index contributed by atoms with van der Waals surface area (Å²) in [6, 6.07) is 16.2. The number of rotatable bonds is 2. The van der Waals surface area contributed by atoms with Crippen LogP contribution in [-0.4, -0.2) is 12.6 Å². The highest BCUT2D eigenvalue weighted by Gasteiger charge is 2.22. The maximum absolute atomic E-state index is 12.1. The van der Waals surface area contributed by atoms with Crippen LogP contribution in [0.1, 0.15) is 23.6 Å². The number of carbonyl (C=O) groups is 1. The van der Waals surface area contributed by atoms with Gasteiger partial charge in [0.1, 0.15) is 5.75 Å². The van der Waals surface area contributed by atoms with Crippen LogP contribution in [0.15, 0.2) is 48.5 Å². The predicted molar refractivity (Wildman–Crippen MR) is 82.6 cm³/mol. The van der Waals surface area contributed by atoms with Gasteiger partial charge in [0.05, 0.1) is 24.3 Å². The molecule has 1 aliphatic heterocycles. The third kappa shape index (κ3) is 3.01. The Bertz CT molecular complexity index is 719. The second-order valence-electron chi connectivity index (χ2n) is 5.02. The fraction of sp³-hybridized carbons (Fsp3) is 0.176. The van der Waals surface area contributed by atoms with Gasteiger partial charge in [0, 0.05) is 17.7 Å². The number of nitrogens with one attached hydrogen (secondary N) is 2. The van der Waals surface area contributed by atoms with Crippen LogP contribution in [0.3, 0.4) is 0 Å². The summed E-state index contributed by atoms with van der Waals surface area (Å²) in [5.41, 5.74) is 2.20. The Balaban J connectivity index is 1.66. The number of hydrogen-bond acceptors (Lipinski definition) is 3. The lowest BCUT2D eigenvalue weighted by Crippen LogP contribution is -2.35. The molecular weight excluding hydrogens is 278 g/mol. The smallest absolute Gasteiger partial charge is 0.319 e. The lowest BCUT2D eigenvalue weighted by molar-refractivity contribution is 0.232. The first-order valence-electron chi connectivity index (χ1n) is 7.05. The Kier molecular flexibility index (Phi) is 3.92. The van der Waals surface area contributed by atoms with Crippen molar-refractivity contribution in [3.8, 4) is 11.8 Å². The first kappa shape index (κ1) is 14.0. The Morgan fingerprint density at radius 1 is 1.18 bits per heavy atom. The van der Waals surface area contributed by atoms with Crippen LogP contribution in [0, 0.1) is 11.3 Å². The van der Waals surface area contributed by atoms with Crippen molar-refractivity contribution < 1.29 is 9.53 Å².